The highest BCUT2D eigenvalue weighted by Crippen LogP contribution is 2.19. The summed E-state index contributed by atoms with van der Waals surface area (Å²) in [6.07, 6.45) is 0.744. The van der Waals surface area contributed by atoms with Crippen LogP contribution in [0.3, 0.4) is 0 Å². The fourth-order valence-electron chi connectivity index (χ4n) is 0.885. The van der Waals surface area contributed by atoms with Crippen molar-refractivity contribution < 1.29 is 9.13 Å². The number of hydrogen-bond acceptors (Lipinski definition) is 2. The first-order valence-corrected chi connectivity index (χ1v) is 4.39. The van der Waals surface area contributed by atoms with Gasteiger partial charge in [0.2, 0.25) is 0 Å². The van der Waals surface area contributed by atoms with Gasteiger partial charge in [0.1, 0.15) is 11.6 Å². The van der Waals surface area contributed by atoms with E-state index in [0.717, 1.165) is 6.42 Å². The summed E-state index contributed by atoms with van der Waals surface area (Å²) in [4.78, 5) is 0. The average molecular weight is 204 g/mol. The molecule has 0 bridgehead atoms. The Labute approximate surface area is 81.4 Å². The van der Waals surface area contributed by atoms with Crippen molar-refractivity contribution in [2.24, 2.45) is 5.73 Å². The van der Waals surface area contributed by atoms with Crippen LogP contribution in [-0.2, 0) is 0 Å². The summed E-state index contributed by atoms with van der Waals surface area (Å²) < 4.78 is 18.0. The minimum Gasteiger partial charge on any atom is -0.493 e. The monoisotopic (exact) mass is 203 g/mol. The Morgan fingerprint density at radius 1 is 1.38 bits per heavy atom. The van der Waals surface area contributed by atoms with Gasteiger partial charge in [0.05, 0.1) is 6.61 Å². The molecule has 0 aliphatic carbocycles. The van der Waals surface area contributed by atoms with E-state index in [-0.39, 0.29) is 0 Å². The van der Waals surface area contributed by atoms with Crippen LogP contribution < -0.4 is 10.5 Å². The SMILES string of the molecule is NCCCOc1cc(F)cc(Cl)c1. The molecule has 0 aliphatic heterocycles. The molecule has 0 heterocycles. The van der Waals surface area contributed by atoms with Crippen LogP contribution in [0.2, 0.25) is 5.02 Å². The minimum atomic E-state index is -0.393. The summed E-state index contributed by atoms with van der Waals surface area (Å²) >= 11 is 5.62. The molecule has 0 aliphatic rings. The molecule has 0 aromatic heterocycles. The topological polar surface area (TPSA) is 35.2 Å². The summed E-state index contributed by atoms with van der Waals surface area (Å²) in [6, 6.07) is 4.10. The van der Waals surface area contributed by atoms with Gasteiger partial charge in [-0.3, -0.25) is 0 Å². The predicted octanol–water partition coefficient (Wildman–Crippen LogP) is 2.21. The van der Waals surface area contributed by atoms with Crippen molar-refractivity contribution in [1.82, 2.24) is 0 Å². The number of nitrogens with two attached hydrogens (primary N) is 1. The summed E-state index contributed by atoms with van der Waals surface area (Å²) in [5, 5.41) is 0.336. The lowest BCUT2D eigenvalue weighted by Crippen LogP contribution is -2.06. The molecule has 0 unspecified atom stereocenters. The van der Waals surface area contributed by atoms with Gasteiger partial charge in [-0.05, 0) is 25.1 Å². The van der Waals surface area contributed by atoms with Gasteiger partial charge in [-0.2, -0.15) is 0 Å². The molecule has 0 fully saturated rings. The molecule has 1 aromatic carbocycles. The maximum absolute atomic E-state index is 12.7. The zero-order valence-corrected chi connectivity index (χ0v) is 7.85. The molecule has 72 valence electrons. The summed E-state index contributed by atoms with van der Waals surface area (Å²) in [7, 11) is 0. The maximum Gasteiger partial charge on any atom is 0.128 e. The van der Waals surface area contributed by atoms with Gasteiger partial charge in [0.15, 0.2) is 0 Å². The van der Waals surface area contributed by atoms with E-state index in [1.165, 1.54) is 12.1 Å². The molecule has 0 radical (unpaired) electrons. The van der Waals surface area contributed by atoms with Crippen LogP contribution >= 0.6 is 11.6 Å². The molecule has 2 N–H and O–H groups in total. The quantitative estimate of drug-likeness (QED) is 0.762. The van der Waals surface area contributed by atoms with Crippen molar-refractivity contribution in [3.05, 3.63) is 29.0 Å². The molecule has 0 amide bonds. The Kier molecular flexibility index (Phi) is 3.99. The lowest BCUT2D eigenvalue weighted by molar-refractivity contribution is 0.312. The first-order chi connectivity index (χ1) is 6.22. The molecule has 2 nitrogen and oxygen atoms in total. The van der Waals surface area contributed by atoms with Crippen LogP contribution in [0.4, 0.5) is 4.39 Å². The number of rotatable bonds is 4. The van der Waals surface area contributed by atoms with Gasteiger partial charge in [-0.1, -0.05) is 11.6 Å². The highest BCUT2D eigenvalue weighted by molar-refractivity contribution is 6.30. The van der Waals surface area contributed by atoms with Gasteiger partial charge in [0.25, 0.3) is 0 Å². The minimum absolute atomic E-state index is 0.336. The molecule has 0 atom stereocenters. The number of benzene rings is 1. The largest absolute Gasteiger partial charge is 0.493 e. The second kappa shape index (κ2) is 5.04. The Hall–Kier alpha value is -0.800. The van der Waals surface area contributed by atoms with E-state index in [2.05, 4.69) is 0 Å². The first kappa shape index (κ1) is 10.3. The van der Waals surface area contributed by atoms with Gasteiger partial charge >= 0.3 is 0 Å². The molecule has 0 spiro atoms. The molecule has 0 saturated heterocycles. The zero-order valence-electron chi connectivity index (χ0n) is 7.09. The maximum atomic E-state index is 12.7. The van der Waals surface area contributed by atoms with Crippen molar-refractivity contribution in [2.45, 2.75) is 6.42 Å². The van der Waals surface area contributed by atoms with E-state index in [1.807, 2.05) is 0 Å². The van der Waals surface area contributed by atoms with E-state index in [9.17, 15) is 4.39 Å². The molecule has 1 aromatic rings. The first-order valence-electron chi connectivity index (χ1n) is 4.01. The number of ether oxygens (including phenoxy) is 1. The van der Waals surface area contributed by atoms with E-state index < -0.39 is 5.82 Å². The lowest BCUT2D eigenvalue weighted by Gasteiger charge is -2.05. The van der Waals surface area contributed by atoms with Gasteiger partial charge in [0, 0.05) is 11.1 Å². The third-order valence-electron chi connectivity index (χ3n) is 1.45. The van der Waals surface area contributed by atoms with Crippen molar-refractivity contribution >= 4 is 11.6 Å². The summed E-state index contributed by atoms with van der Waals surface area (Å²) in [5.74, 6) is 0.0497. The summed E-state index contributed by atoms with van der Waals surface area (Å²) in [6.45, 7) is 1.04. The number of halogens is 2. The van der Waals surface area contributed by atoms with E-state index in [4.69, 9.17) is 22.1 Å². The predicted molar refractivity (Wildman–Crippen MR) is 50.6 cm³/mol. The van der Waals surface area contributed by atoms with Crippen molar-refractivity contribution in [2.75, 3.05) is 13.2 Å². The van der Waals surface area contributed by atoms with E-state index in [1.54, 1.807) is 6.07 Å². The third-order valence-corrected chi connectivity index (χ3v) is 1.67. The Morgan fingerprint density at radius 2 is 2.15 bits per heavy atom. The molecule has 1 rings (SSSR count). The van der Waals surface area contributed by atoms with Crippen LogP contribution in [0, 0.1) is 5.82 Å². The van der Waals surface area contributed by atoms with Crippen LogP contribution in [0.25, 0.3) is 0 Å². The molecule has 4 heteroatoms. The fraction of sp³-hybridized carbons (Fsp3) is 0.333. The van der Waals surface area contributed by atoms with E-state index in [0.29, 0.717) is 23.9 Å². The third kappa shape index (κ3) is 3.61. The van der Waals surface area contributed by atoms with Gasteiger partial charge < -0.3 is 10.5 Å². The average Bonchev–Trinajstić information content (AvgIpc) is 2.03. The smallest absolute Gasteiger partial charge is 0.128 e. The van der Waals surface area contributed by atoms with Crippen LogP contribution in [0.15, 0.2) is 18.2 Å². The van der Waals surface area contributed by atoms with Crippen molar-refractivity contribution in [3.8, 4) is 5.75 Å². The Bertz CT molecular complexity index is 260. The molecular formula is C9H11ClFNO. The van der Waals surface area contributed by atoms with Crippen molar-refractivity contribution in [3.63, 3.8) is 0 Å². The van der Waals surface area contributed by atoms with Crippen molar-refractivity contribution in [1.29, 1.82) is 0 Å². The zero-order chi connectivity index (χ0) is 9.68. The molecule has 0 saturated carbocycles. The number of hydrogen-bond donors (Lipinski definition) is 1. The van der Waals surface area contributed by atoms with Gasteiger partial charge in [-0.25, -0.2) is 4.39 Å². The second-order valence-electron chi connectivity index (χ2n) is 2.60. The standard InChI is InChI=1S/C9H11ClFNO/c10-7-4-8(11)6-9(5-7)13-3-1-2-12/h4-6H,1-3,12H2. The highest BCUT2D eigenvalue weighted by Gasteiger charge is 1.99. The Balaban J connectivity index is 2.56. The molecular weight excluding hydrogens is 193 g/mol. The lowest BCUT2D eigenvalue weighted by atomic mass is 10.3. The van der Waals surface area contributed by atoms with Crippen LogP contribution in [0.1, 0.15) is 6.42 Å². The molecule has 13 heavy (non-hydrogen) atoms. The van der Waals surface area contributed by atoms with E-state index >= 15 is 0 Å². The normalized spacial score (nSPS) is 10.1. The highest BCUT2D eigenvalue weighted by atomic mass is 35.5. The van der Waals surface area contributed by atoms with Crippen LogP contribution in [-0.4, -0.2) is 13.2 Å². The second-order valence-corrected chi connectivity index (χ2v) is 3.03. The fourth-order valence-corrected chi connectivity index (χ4v) is 1.10. The Morgan fingerprint density at radius 3 is 2.77 bits per heavy atom. The summed E-state index contributed by atoms with van der Waals surface area (Å²) in [5.41, 5.74) is 5.27. The van der Waals surface area contributed by atoms with Gasteiger partial charge in [-0.15, -0.1) is 0 Å². The van der Waals surface area contributed by atoms with Crippen LogP contribution in [0.5, 0.6) is 5.75 Å².